The Hall–Kier alpha value is -0.440. The molecule has 1 fully saturated rings. The summed E-state index contributed by atoms with van der Waals surface area (Å²) >= 11 is 11.9. The molecule has 2 rings (SSSR count). The molecular formula is C12H15Cl2NO. The van der Waals surface area contributed by atoms with E-state index >= 15 is 0 Å². The Morgan fingerprint density at radius 3 is 2.94 bits per heavy atom. The molecule has 0 spiro atoms. The highest BCUT2D eigenvalue weighted by molar-refractivity contribution is 6.36. The van der Waals surface area contributed by atoms with E-state index in [1.54, 1.807) is 6.07 Å². The Labute approximate surface area is 106 Å². The molecule has 2 nitrogen and oxygen atoms in total. The molecule has 1 aromatic rings. The van der Waals surface area contributed by atoms with Crippen LogP contribution in [0.3, 0.4) is 0 Å². The molecular weight excluding hydrogens is 245 g/mol. The lowest BCUT2D eigenvalue weighted by molar-refractivity contribution is 0.107. The van der Waals surface area contributed by atoms with Gasteiger partial charge in [0.05, 0.1) is 16.8 Å². The SMILES string of the molecule is Clc1ccc(NCCC2CCCO2)c(Cl)c1. The van der Waals surface area contributed by atoms with Crippen molar-refractivity contribution in [3.8, 4) is 0 Å². The summed E-state index contributed by atoms with van der Waals surface area (Å²) in [7, 11) is 0. The number of hydrogen-bond acceptors (Lipinski definition) is 2. The minimum Gasteiger partial charge on any atom is -0.384 e. The van der Waals surface area contributed by atoms with Gasteiger partial charge in [-0.2, -0.15) is 0 Å². The van der Waals surface area contributed by atoms with Gasteiger partial charge in [-0.15, -0.1) is 0 Å². The molecule has 1 N–H and O–H groups in total. The van der Waals surface area contributed by atoms with Crippen LogP contribution in [0.25, 0.3) is 0 Å². The molecule has 0 radical (unpaired) electrons. The number of ether oxygens (including phenoxy) is 1. The first-order valence-corrected chi connectivity index (χ1v) is 6.32. The van der Waals surface area contributed by atoms with Crippen molar-refractivity contribution in [1.29, 1.82) is 0 Å². The molecule has 0 amide bonds. The van der Waals surface area contributed by atoms with Crippen molar-refractivity contribution < 1.29 is 4.74 Å². The summed E-state index contributed by atoms with van der Waals surface area (Å²) in [5.41, 5.74) is 0.934. The molecule has 0 aliphatic carbocycles. The van der Waals surface area contributed by atoms with Crippen LogP contribution in [0.2, 0.25) is 10.0 Å². The van der Waals surface area contributed by atoms with Crippen LogP contribution in [-0.4, -0.2) is 19.3 Å². The summed E-state index contributed by atoms with van der Waals surface area (Å²) in [5.74, 6) is 0. The fourth-order valence-electron chi connectivity index (χ4n) is 1.87. The van der Waals surface area contributed by atoms with Gasteiger partial charge in [0.15, 0.2) is 0 Å². The van der Waals surface area contributed by atoms with Crippen LogP contribution in [0.4, 0.5) is 5.69 Å². The van der Waals surface area contributed by atoms with E-state index in [1.807, 2.05) is 12.1 Å². The zero-order chi connectivity index (χ0) is 11.4. The van der Waals surface area contributed by atoms with Crippen LogP contribution < -0.4 is 5.32 Å². The highest BCUT2D eigenvalue weighted by Crippen LogP contribution is 2.25. The van der Waals surface area contributed by atoms with E-state index in [9.17, 15) is 0 Å². The van der Waals surface area contributed by atoms with Crippen molar-refractivity contribution in [2.24, 2.45) is 0 Å². The molecule has 1 atom stereocenters. The minimum atomic E-state index is 0.415. The molecule has 1 aromatic carbocycles. The van der Waals surface area contributed by atoms with Gasteiger partial charge in [0.1, 0.15) is 0 Å². The van der Waals surface area contributed by atoms with Gasteiger partial charge in [0, 0.05) is 18.2 Å². The number of nitrogens with one attached hydrogen (secondary N) is 1. The monoisotopic (exact) mass is 259 g/mol. The normalized spacial score (nSPS) is 20.0. The van der Waals surface area contributed by atoms with Crippen LogP contribution in [0.15, 0.2) is 18.2 Å². The van der Waals surface area contributed by atoms with Crippen LogP contribution in [0.1, 0.15) is 19.3 Å². The Bertz CT molecular complexity index is 351. The summed E-state index contributed by atoms with van der Waals surface area (Å²) < 4.78 is 5.55. The van der Waals surface area contributed by atoms with Crippen LogP contribution in [0.5, 0.6) is 0 Å². The molecule has 0 bridgehead atoms. The second-order valence-electron chi connectivity index (χ2n) is 3.97. The largest absolute Gasteiger partial charge is 0.384 e. The summed E-state index contributed by atoms with van der Waals surface area (Å²) in [6.07, 6.45) is 3.81. The van der Waals surface area contributed by atoms with Gasteiger partial charge in [-0.1, -0.05) is 23.2 Å². The summed E-state index contributed by atoms with van der Waals surface area (Å²) in [4.78, 5) is 0. The van der Waals surface area contributed by atoms with E-state index < -0.39 is 0 Å². The van der Waals surface area contributed by atoms with Crippen molar-refractivity contribution in [3.05, 3.63) is 28.2 Å². The predicted molar refractivity (Wildman–Crippen MR) is 68.5 cm³/mol. The van der Waals surface area contributed by atoms with E-state index in [-0.39, 0.29) is 0 Å². The van der Waals surface area contributed by atoms with Crippen LogP contribution in [-0.2, 0) is 4.74 Å². The third kappa shape index (κ3) is 3.27. The van der Waals surface area contributed by atoms with Crippen LogP contribution >= 0.6 is 23.2 Å². The van der Waals surface area contributed by atoms with Crippen molar-refractivity contribution in [3.63, 3.8) is 0 Å². The predicted octanol–water partition coefficient (Wildman–Crippen LogP) is 3.97. The first-order chi connectivity index (χ1) is 7.75. The van der Waals surface area contributed by atoms with Gasteiger partial charge in [-0.05, 0) is 37.5 Å². The summed E-state index contributed by atoms with van der Waals surface area (Å²) in [5, 5.41) is 4.62. The quantitative estimate of drug-likeness (QED) is 0.884. The van der Waals surface area contributed by atoms with Crippen molar-refractivity contribution >= 4 is 28.9 Å². The van der Waals surface area contributed by atoms with Gasteiger partial charge in [-0.25, -0.2) is 0 Å². The Morgan fingerprint density at radius 1 is 1.38 bits per heavy atom. The maximum Gasteiger partial charge on any atom is 0.0652 e. The van der Waals surface area contributed by atoms with Gasteiger partial charge in [0.2, 0.25) is 0 Å². The molecule has 1 aliphatic heterocycles. The second kappa shape index (κ2) is 5.76. The lowest BCUT2D eigenvalue weighted by Gasteiger charge is -2.12. The Kier molecular flexibility index (Phi) is 4.33. The molecule has 1 heterocycles. The van der Waals surface area contributed by atoms with E-state index in [2.05, 4.69) is 5.32 Å². The Morgan fingerprint density at radius 2 is 2.25 bits per heavy atom. The second-order valence-corrected chi connectivity index (χ2v) is 4.82. The van der Waals surface area contributed by atoms with Gasteiger partial charge >= 0.3 is 0 Å². The van der Waals surface area contributed by atoms with Gasteiger partial charge in [0.25, 0.3) is 0 Å². The number of halogens is 2. The van der Waals surface area contributed by atoms with E-state index in [0.717, 1.165) is 25.3 Å². The smallest absolute Gasteiger partial charge is 0.0652 e. The molecule has 1 saturated heterocycles. The summed E-state index contributed by atoms with van der Waals surface area (Å²) in [6, 6.07) is 5.49. The summed E-state index contributed by atoms with van der Waals surface area (Å²) in [6.45, 7) is 1.79. The molecule has 16 heavy (non-hydrogen) atoms. The van der Waals surface area contributed by atoms with Gasteiger partial charge in [-0.3, -0.25) is 0 Å². The van der Waals surface area contributed by atoms with E-state index in [1.165, 1.54) is 12.8 Å². The van der Waals surface area contributed by atoms with Crippen molar-refractivity contribution in [1.82, 2.24) is 0 Å². The highest BCUT2D eigenvalue weighted by atomic mass is 35.5. The number of benzene rings is 1. The first-order valence-electron chi connectivity index (χ1n) is 5.56. The fourth-order valence-corrected chi connectivity index (χ4v) is 2.35. The molecule has 88 valence electrons. The first kappa shape index (κ1) is 12.0. The maximum absolute atomic E-state index is 6.05. The average molecular weight is 260 g/mol. The minimum absolute atomic E-state index is 0.415. The number of hydrogen-bond donors (Lipinski definition) is 1. The highest BCUT2D eigenvalue weighted by Gasteiger charge is 2.14. The third-order valence-electron chi connectivity index (χ3n) is 2.74. The van der Waals surface area contributed by atoms with Crippen molar-refractivity contribution in [2.45, 2.75) is 25.4 Å². The number of rotatable bonds is 4. The topological polar surface area (TPSA) is 21.3 Å². The zero-order valence-corrected chi connectivity index (χ0v) is 10.5. The van der Waals surface area contributed by atoms with E-state index in [4.69, 9.17) is 27.9 Å². The van der Waals surface area contributed by atoms with Crippen LogP contribution in [0, 0.1) is 0 Å². The molecule has 4 heteroatoms. The average Bonchev–Trinajstić information content (AvgIpc) is 2.74. The molecule has 0 saturated carbocycles. The third-order valence-corrected chi connectivity index (χ3v) is 3.28. The zero-order valence-electron chi connectivity index (χ0n) is 9.01. The van der Waals surface area contributed by atoms with E-state index in [0.29, 0.717) is 16.1 Å². The fraction of sp³-hybridized carbons (Fsp3) is 0.500. The maximum atomic E-state index is 6.05. The molecule has 1 unspecified atom stereocenters. The van der Waals surface area contributed by atoms with Crippen molar-refractivity contribution in [2.75, 3.05) is 18.5 Å². The lowest BCUT2D eigenvalue weighted by atomic mass is 10.2. The molecule has 1 aliphatic rings. The lowest BCUT2D eigenvalue weighted by Crippen LogP contribution is -2.12. The molecule has 0 aromatic heterocycles. The number of anilines is 1. The van der Waals surface area contributed by atoms with Gasteiger partial charge < -0.3 is 10.1 Å². The standard InChI is InChI=1S/C12H15Cl2NO/c13-9-3-4-12(11(14)8-9)15-6-5-10-2-1-7-16-10/h3-4,8,10,15H,1-2,5-7H2. The Balaban J connectivity index is 1.80.